The molecule has 0 spiro atoms. The first-order valence-corrected chi connectivity index (χ1v) is 7.82. The standard InChI is InChI=1S/C15H22N4OS/c1-10(14-17-7-8-21-14)9-18-12-6-5-11(16)13(19-12)20-15(2,3)4/h5-8,10H,9,16H2,1-4H3,(H,18,19). The van der Waals surface area contributed by atoms with Gasteiger partial charge in [-0.05, 0) is 32.9 Å². The van der Waals surface area contributed by atoms with Crippen LogP contribution in [0.5, 0.6) is 5.88 Å². The highest BCUT2D eigenvalue weighted by molar-refractivity contribution is 7.09. The zero-order valence-corrected chi connectivity index (χ0v) is 13.7. The summed E-state index contributed by atoms with van der Waals surface area (Å²) in [7, 11) is 0. The molecule has 6 heteroatoms. The molecule has 0 fully saturated rings. The van der Waals surface area contributed by atoms with Gasteiger partial charge in [-0.2, -0.15) is 4.98 Å². The summed E-state index contributed by atoms with van der Waals surface area (Å²) >= 11 is 1.66. The summed E-state index contributed by atoms with van der Waals surface area (Å²) in [4.78, 5) is 8.76. The molecule has 0 aliphatic rings. The number of nitrogens with zero attached hydrogens (tertiary/aromatic N) is 2. The molecule has 0 saturated carbocycles. The van der Waals surface area contributed by atoms with Gasteiger partial charge in [-0.25, -0.2) is 4.98 Å². The van der Waals surface area contributed by atoms with Gasteiger partial charge in [0.25, 0.3) is 0 Å². The average molecular weight is 306 g/mol. The molecule has 0 aliphatic heterocycles. The first-order valence-electron chi connectivity index (χ1n) is 6.94. The van der Waals surface area contributed by atoms with Gasteiger partial charge >= 0.3 is 0 Å². The maximum Gasteiger partial charge on any atom is 0.239 e. The Labute approximate surface area is 129 Å². The lowest BCUT2D eigenvalue weighted by Gasteiger charge is -2.22. The van der Waals surface area contributed by atoms with E-state index in [1.165, 1.54) is 0 Å². The van der Waals surface area contributed by atoms with E-state index in [-0.39, 0.29) is 5.60 Å². The number of nitrogen functional groups attached to an aromatic ring is 1. The monoisotopic (exact) mass is 306 g/mol. The molecule has 2 heterocycles. The number of pyridine rings is 1. The summed E-state index contributed by atoms with van der Waals surface area (Å²) < 4.78 is 5.77. The van der Waals surface area contributed by atoms with E-state index in [0.717, 1.165) is 17.4 Å². The fourth-order valence-electron chi connectivity index (χ4n) is 1.74. The number of nitrogens with one attached hydrogen (secondary N) is 1. The Bertz CT molecular complexity index is 578. The lowest BCUT2D eigenvalue weighted by Crippen LogP contribution is -2.24. The minimum absolute atomic E-state index is 0.325. The summed E-state index contributed by atoms with van der Waals surface area (Å²) in [5, 5.41) is 6.41. The largest absolute Gasteiger partial charge is 0.470 e. The molecule has 2 rings (SSSR count). The zero-order chi connectivity index (χ0) is 15.5. The third-order valence-electron chi connectivity index (χ3n) is 2.75. The van der Waals surface area contributed by atoms with Crippen LogP contribution in [0, 0.1) is 0 Å². The molecule has 0 aromatic carbocycles. The smallest absolute Gasteiger partial charge is 0.239 e. The quantitative estimate of drug-likeness (QED) is 0.884. The Morgan fingerprint density at radius 2 is 2.14 bits per heavy atom. The van der Waals surface area contributed by atoms with Gasteiger partial charge < -0.3 is 15.8 Å². The van der Waals surface area contributed by atoms with Crippen LogP contribution in [0.15, 0.2) is 23.7 Å². The molecule has 2 aromatic rings. The Balaban J connectivity index is 2.02. The molecule has 0 aliphatic carbocycles. The summed E-state index contributed by atoms with van der Waals surface area (Å²) in [6.07, 6.45) is 1.83. The van der Waals surface area contributed by atoms with E-state index in [1.807, 2.05) is 44.5 Å². The van der Waals surface area contributed by atoms with Crippen LogP contribution >= 0.6 is 11.3 Å². The van der Waals surface area contributed by atoms with Crippen LogP contribution in [0.3, 0.4) is 0 Å². The summed E-state index contributed by atoms with van der Waals surface area (Å²) in [6.45, 7) is 8.81. The third-order valence-corrected chi connectivity index (χ3v) is 3.76. The van der Waals surface area contributed by atoms with Crippen LogP contribution in [-0.2, 0) is 0 Å². The van der Waals surface area contributed by atoms with Gasteiger partial charge in [0.05, 0.1) is 10.7 Å². The van der Waals surface area contributed by atoms with E-state index in [9.17, 15) is 0 Å². The number of ether oxygens (including phenoxy) is 1. The fourth-order valence-corrected chi connectivity index (χ4v) is 2.44. The third kappa shape index (κ3) is 4.60. The topological polar surface area (TPSA) is 73.1 Å². The van der Waals surface area contributed by atoms with Crippen LogP contribution in [0.2, 0.25) is 0 Å². The van der Waals surface area contributed by atoms with Gasteiger partial charge in [0.15, 0.2) is 0 Å². The van der Waals surface area contributed by atoms with Crippen molar-refractivity contribution in [2.24, 2.45) is 0 Å². The van der Waals surface area contributed by atoms with Crippen LogP contribution in [0.1, 0.15) is 38.6 Å². The number of hydrogen-bond donors (Lipinski definition) is 2. The predicted octanol–water partition coefficient (Wildman–Crippen LogP) is 3.51. The highest BCUT2D eigenvalue weighted by Gasteiger charge is 2.16. The minimum atomic E-state index is -0.325. The van der Waals surface area contributed by atoms with Gasteiger partial charge in [-0.1, -0.05) is 6.92 Å². The molecule has 0 bridgehead atoms. The molecule has 21 heavy (non-hydrogen) atoms. The number of aromatic nitrogens is 2. The number of rotatable bonds is 5. The Hall–Kier alpha value is -1.82. The first-order chi connectivity index (χ1) is 9.85. The SMILES string of the molecule is CC(CNc1ccc(N)c(OC(C)(C)C)n1)c1nccs1. The Morgan fingerprint density at radius 1 is 1.38 bits per heavy atom. The van der Waals surface area contributed by atoms with Crippen molar-refractivity contribution in [3.63, 3.8) is 0 Å². The average Bonchev–Trinajstić information content (AvgIpc) is 2.91. The summed E-state index contributed by atoms with van der Waals surface area (Å²) in [5.74, 6) is 1.55. The van der Waals surface area contributed by atoms with Gasteiger partial charge in [-0.3, -0.25) is 0 Å². The van der Waals surface area contributed by atoms with E-state index in [1.54, 1.807) is 11.3 Å². The second kappa shape index (κ2) is 6.30. The van der Waals surface area contributed by atoms with E-state index in [0.29, 0.717) is 17.5 Å². The van der Waals surface area contributed by atoms with Gasteiger partial charge in [-0.15, -0.1) is 11.3 Å². The lowest BCUT2D eigenvalue weighted by molar-refractivity contribution is 0.125. The van der Waals surface area contributed by atoms with Crippen molar-refractivity contribution >= 4 is 22.8 Å². The molecule has 2 aromatic heterocycles. The van der Waals surface area contributed by atoms with Crippen molar-refractivity contribution in [3.05, 3.63) is 28.7 Å². The second-order valence-corrected chi connectivity index (χ2v) is 6.88. The van der Waals surface area contributed by atoms with Crippen LogP contribution < -0.4 is 15.8 Å². The molecule has 1 unspecified atom stereocenters. The van der Waals surface area contributed by atoms with E-state index in [4.69, 9.17) is 10.5 Å². The molecule has 1 atom stereocenters. The van der Waals surface area contributed by atoms with Crippen molar-refractivity contribution in [2.75, 3.05) is 17.6 Å². The van der Waals surface area contributed by atoms with Crippen molar-refractivity contribution < 1.29 is 4.74 Å². The van der Waals surface area contributed by atoms with Crippen LogP contribution in [0.4, 0.5) is 11.5 Å². The number of nitrogens with two attached hydrogens (primary N) is 1. The molecule has 114 valence electrons. The molecule has 0 amide bonds. The molecule has 5 nitrogen and oxygen atoms in total. The molecular formula is C15H22N4OS. The number of hydrogen-bond acceptors (Lipinski definition) is 6. The summed E-state index contributed by atoms with van der Waals surface area (Å²) in [5.41, 5.74) is 6.13. The molecule has 0 saturated heterocycles. The minimum Gasteiger partial charge on any atom is -0.470 e. The maximum atomic E-state index is 5.91. The Morgan fingerprint density at radius 3 is 2.76 bits per heavy atom. The van der Waals surface area contributed by atoms with Gasteiger partial charge in [0.1, 0.15) is 11.4 Å². The van der Waals surface area contributed by atoms with Crippen LogP contribution in [-0.4, -0.2) is 22.1 Å². The van der Waals surface area contributed by atoms with Crippen molar-refractivity contribution in [3.8, 4) is 5.88 Å². The van der Waals surface area contributed by atoms with Gasteiger partial charge in [0.2, 0.25) is 5.88 Å². The number of anilines is 2. The maximum absolute atomic E-state index is 5.91. The van der Waals surface area contributed by atoms with Crippen molar-refractivity contribution in [1.29, 1.82) is 0 Å². The fraction of sp³-hybridized carbons (Fsp3) is 0.467. The predicted molar refractivity (Wildman–Crippen MR) is 88.0 cm³/mol. The second-order valence-electron chi connectivity index (χ2n) is 5.96. The molecule has 3 N–H and O–H groups in total. The summed E-state index contributed by atoms with van der Waals surface area (Å²) in [6, 6.07) is 3.67. The van der Waals surface area contributed by atoms with E-state index >= 15 is 0 Å². The zero-order valence-electron chi connectivity index (χ0n) is 12.9. The number of thiazole rings is 1. The lowest BCUT2D eigenvalue weighted by atomic mass is 10.2. The van der Waals surface area contributed by atoms with Gasteiger partial charge in [0, 0.05) is 24.0 Å². The highest BCUT2D eigenvalue weighted by Crippen LogP contribution is 2.25. The van der Waals surface area contributed by atoms with Crippen LogP contribution in [0.25, 0.3) is 0 Å². The van der Waals surface area contributed by atoms with E-state index in [2.05, 4.69) is 22.2 Å². The first kappa shape index (κ1) is 15.6. The molecule has 0 radical (unpaired) electrons. The van der Waals surface area contributed by atoms with Crippen molar-refractivity contribution in [1.82, 2.24) is 9.97 Å². The normalized spacial score (nSPS) is 13.0. The Kier molecular flexibility index (Phi) is 4.67. The van der Waals surface area contributed by atoms with Crippen molar-refractivity contribution in [2.45, 2.75) is 39.2 Å². The van der Waals surface area contributed by atoms with E-state index < -0.39 is 0 Å². The highest BCUT2D eigenvalue weighted by atomic mass is 32.1. The molecular weight excluding hydrogens is 284 g/mol.